The molecule has 1 aliphatic heterocycles. The second kappa shape index (κ2) is 14.2. The Morgan fingerprint density at radius 3 is 2.29 bits per heavy atom. The molecule has 1 saturated heterocycles. The number of halogens is 3. The Bertz CT molecular complexity index is 824. The number of ether oxygens (including phenoxy) is 3. The van der Waals surface area contributed by atoms with Gasteiger partial charge >= 0.3 is 18.1 Å². The quantitative estimate of drug-likeness (QED) is 0.326. The summed E-state index contributed by atoms with van der Waals surface area (Å²) < 4.78 is 47.3. The average molecular weight is 492 g/mol. The zero-order valence-corrected chi connectivity index (χ0v) is 18.6. The topological polar surface area (TPSA) is 140 Å². The summed E-state index contributed by atoms with van der Waals surface area (Å²) in [6.45, 7) is 5.02. The molecule has 0 aliphatic carbocycles. The SMILES string of the molecule is CCOC(=O)COc1ccc(C(=O)[C@@H](C)NC(=O)COC2CCNC2)cc1.O=C(O)C(F)(F)F. The summed E-state index contributed by atoms with van der Waals surface area (Å²) in [5.74, 6) is -3.30. The van der Waals surface area contributed by atoms with Crippen LogP contribution in [-0.2, 0) is 23.9 Å². The number of carbonyl (C=O) groups is 4. The first-order valence-corrected chi connectivity index (χ1v) is 10.3. The van der Waals surface area contributed by atoms with Crippen LogP contribution in [0, 0.1) is 0 Å². The largest absolute Gasteiger partial charge is 0.490 e. The van der Waals surface area contributed by atoms with Gasteiger partial charge in [0.05, 0.1) is 18.8 Å². The molecule has 190 valence electrons. The average Bonchev–Trinajstić information content (AvgIpc) is 3.30. The van der Waals surface area contributed by atoms with E-state index in [1.165, 1.54) is 0 Å². The summed E-state index contributed by atoms with van der Waals surface area (Å²) in [6.07, 6.45) is -4.16. The lowest BCUT2D eigenvalue weighted by molar-refractivity contribution is -0.192. The Morgan fingerprint density at radius 2 is 1.79 bits per heavy atom. The van der Waals surface area contributed by atoms with Gasteiger partial charge in [-0.1, -0.05) is 0 Å². The van der Waals surface area contributed by atoms with Gasteiger partial charge in [0.1, 0.15) is 12.4 Å². The minimum atomic E-state index is -5.08. The molecule has 1 amide bonds. The van der Waals surface area contributed by atoms with Crippen molar-refractivity contribution in [2.45, 2.75) is 38.6 Å². The fourth-order valence-electron chi connectivity index (χ4n) is 2.62. The van der Waals surface area contributed by atoms with Crippen LogP contribution in [0.2, 0.25) is 0 Å². The van der Waals surface area contributed by atoms with Crippen LogP contribution in [0.15, 0.2) is 24.3 Å². The van der Waals surface area contributed by atoms with Gasteiger partial charge in [0.25, 0.3) is 0 Å². The van der Waals surface area contributed by atoms with Crippen LogP contribution < -0.4 is 15.4 Å². The van der Waals surface area contributed by atoms with Crippen molar-refractivity contribution in [3.8, 4) is 5.75 Å². The van der Waals surface area contributed by atoms with E-state index >= 15 is 0 Å². The van der Waals surface area contributed by atoms with Crippen molar-refractivity contribution in [2.24, 2.45) is 0 Å². The first-order chi connectivity index (χ1) is 15.9. The zero-order chi connectivity index (χ0) is 25.7. The normalized spacial score (nSPS) is 16.0. The molecule has 1 heterocycles. The van der Waals surface area contributed by atoms with Gasteiger partial charge in [0, 0.05) is 12.1 Å². The molecule has 1 aliphatic rings. The number of nitrogens with one attached hydrogen (secondary N) is 2. The molecule has 0 spiro atoms. The fourth-order valence-corrected chi connectivity index (χ4v) is 2.62. The number of hydrogen-bond acceptors (Lipinski definition) is 8. The van der Waals surface area contributed by atoms with E-state index in [-0.39, 0.29) is 31.0 Å². The van der Waals surface area contributed by atoms with Crippen molar-refractivity contribution in [3.05, 3.63) is 29.8 Å². The number of alkyl halides is 3. The van der Waals surface area contributed by atoms with Crippen molar-refractivity contribution >= 4 is 23.6 Å². The van der Waals surface area contributed by atoms with Crippen LogP contribution in [-0.4, -0.2) is 80.0 Å². The number of benzene rings is 1. The Hall–Kier alpha value is -3.19. The highest BCUT2D eigenvalue weighted by Crippen LogP contribution is 2.14. The minimum Gasteiger partial charge on any atom is -0.482 e. The number of rotatable bonds is 10. The molecule has 0 radical (unpaired) electrons. The van der Waals surface area contributed by atoms with Crippen LogP contribution >= 0.6 is 0 Å². The van der Waals surface area contributed by atoms with E-state index < -0.39 is 24.2 Å². The van der Waals surface area contributed by atoms with Crippen LogP contribution in [0.25, 0.3) is 0 Å². The Labute approximate surface area is 193 Å². The van der Waals surface area contributed by atoms with Gasteiger partial charge in [-0.25, -0.2) is 9.59 Å². The number of esters is 1. The maximum absolute atomic E-state index is 12.4. The molecule has 0 saturated carbocycles. The Kier molecular flexibility index (Phi) is 12.0. The highest BCUT2D eigenvalue weighted by atomic mass is 19.4. The Balaban J connectivity index is 0.000000718. The summed E-state index contributed by atoms with van der Waals surface area (Å²) in [5.41, 5.74) is 0.437. The van der Waals surface area contributed by atoms with E-state index in [9.17, 15) is 27.6 Å². The maximum Gasteiger partial charge on any atom is 0.490 e. The smallest absolute Gasteiger partial charge is 0.482 e. The molecule has 10 nitrogen and oxygen atoms in total. The monoisotopic (exact) mass is 492 g/mol. The molecule has 3 N–H and O–H groups in total. The zero-order valence-electron chi connectivity index (χ0n) is 18.6. The van der Waals surface area contributed by atoms with Gasteiger partial charge in [-0.15, -0.1) is 0 Å². The third-order valence-electron chi connectivity index (χ3n) is 4.28. The van der Waals surface area contributed by atoms with Crippen LogP contribution in [0.1, 0.15) is 30.6 Å². The van der Waals surface area contributed by atoms with Crippen molar-refractivity contribution in [2.75, 3.05) is 32.9 Å². The number of carbonyl (C=O) groups excluding carboxylic acids is 3. The summed E-state index contributed by atoms with van der Waals surface area (Å²) in [6, 6.07) is 5.70. The van der Waals surface area contributed by atoms with Crippen LogP contribution in [0.5, 0.6) is 5.75 Å². The van der Waals surface area contributed by atoms with E-state index in [0.717, 1.165) is 19.5 Å². The summed E-state index contributed by atoms with van der Waals surface area (Å²) in [7, 11) is 0. The Morgan fingerprint density at radius 1 is 1.18 bits per heavy atom. The molecule has 0 bridgehead atoms. The van der Waals surface area contributed by atoms with Gasteiger partial charge in [-0.05, 0) is 51.1 Å². The lowest BCUT2D eigenvalue weighted by atomic mass is 10.1. The molecule has 13 heteroatoms. The summed E-state index contributed by atoms with van der Waals surface area (Å²) in [5, 5.41) is 12.9. The molecule has 34 heavy (non-hydrogen) atoms. The van der Waals surface area contributed by atoms with Gasteiger partial charge in [-0.3, -0.25) is 9.59 Å². The van der Waals surface area contributed by atoms with Crippen molar-refractivity contribution in [1.29, 1.82) is 0 Å². The highest BCUT2D eigenvalue weighted by Gasteiger charge is 2.38. The summed E-state index contributed by atoms with van der Waals surface area (Å²) >= 11 is 0. The van der Waals surface area contributed by atoms with Crippen molar-refractivity contribution in [1.82, 2.24) is 10.6 Å². The third-order valence-corrected chi connectivity index (χ3v) is 4.28. The molecule has 2 rings (SSSR count). The predicted molar refractivity (Wildman–Crippen MR) is 111 cm³/mol. The predicted octanol–water partition coefficient (Wildman–Crippen LogP) is 1.33. The van der Waals surface area contributed by atoms with Crippen molar-refractivity contribution < 1.29 is 51.7 Å². The van der Waals surface area contributed by atoms with Gasteiger partial charge in [0.15, 0.2) is 12.4 Å². The number of Topliss-reactive ketones (excluding diaryl/α,β-unsaturated/α-hetero) is 1. The molecule has 2 atom stereocenters. The number of aliphatic carboxylic acids is 1. The number of amides is 1. The number of hydrogen-bond donors (Lipinski definition) is 3. The van der Waals surface area contributed by atoms with E-state index in [4.69, 9.17) is 24.1 Å². The van der Waals surface area contributed by atoms with Gasteiger partial charge < -0.3 is 30.0 Å². The third kappa shape index (κ3) is 11.1. The summed E-state index contributed by atoms with van der Waals surface area (Å²) in [4.78, 5) is 44.5. The molecular weight excluding hydrogens is 465 g/mol. The molecule has 0 aromatic heterocycles. The van der Waals surface area contributed by atoms with E-state index in [1.54, 1.807) is 38.1 Å². The van der Waals surface area contributed by atoms with E-state index in [1.807, 2.05) is 0 Å². The van der Waals surface area contributed by atoms with Crippen molar-refractivity contribution in [3.63, 3.8) is 0 Å². The highest BCUT2D eigenvalue weighted by molar-refractivity contribution is 6.01. The maximum atomic E-state index is 12.4. The number of carboxylic acids is 1. The lowest BCUT2D eigenvalue weighted by Gasteiger charge is -2.15. The second-order valence-corrected chi connectivity index (χ2v) is 7.00. The lowest BCUT2D eigenvalue weighted by Crippen LogP contribution is -2.41. The van der Waals surface area contributed by atoms with Crippen LogP contribution in [0.3, 0.4) is 0 Å². The molecule has 1 fully saturated rings. The first-order valence-electron chi connectivity index (χ1n) is 10.3. The fraction of sp³-hybridized carbons (Fsp3) is 0.524. The van der Waals surface area contributed by atoms with E-state index in [2.05, 4.69) is 10.6 Å². The van der Waals surface area contributed by atoms with E-state index in [0.29, 0.717) is 17.9 Å². The number of ketones is 1. The molecular formula is C21H27F3N2O8. The van der Waals surface area contributed by atoms with Gasteiger partial charge in [0.2, 0.25) is 5.91 Å². The molecule has 1 aromatic carbocycles. The van der Waals surface area contributed by atoms with Crippen LogP contribution in [0.4, 0.5) is 13.2 Å². The second-order valence-electron chi connectivity index (χ2n) is 7.00. The standard InChI is InChI=1S/C19H26N2O6.C2HF3O2/c1-3-25-18(23)12-27-15-6-4-14(5-7-15)19(24)13(2)21-17(22)11-26-16-8-9-20-10-16;3-2(4,5)1(6)7/h4-7,13,16,20H,3,8-12H2,1-2H3,(H,21,22);(H,6,7)/t13-,16?;/m1./s1. The molecule has 1 aromatic rings. The first kappa shape index (κ1) is 28.8. The minimum absolute atomic E-state index is 0.0453. The van der Waals surface area contributed by atoms with Gasteiger partial charge in [-0.2, -0.15) is 13.2 Å². The number of carboxylic acid groups (broad SMARTS) is 1. The molecule has 1 unspecified atom stereocenters.